The molecule has 1 N–H and O–H groups in total. The molecule has 3 aliphatic heterocycles. The number of amides is 2. The molecule has 4 atom stereocenters. The van der Waals surface area contributed by atoms with Crippen LogP contribution in [0.1, 0.15) is 12.5 Å². The molecule has 6 heteroatoms. The first-order valence-electron chi connectivity index (χ1n) is 7.36. The highest BCUT2D eigenvalue weighted by Gasteiger charge is 2.72. The highest BCUT2D eigenvalue weighted by Crippen LogP contribution is 2.57. The van der Waals surface area contributed by atoms with Gasteiger partial charge in [-0.15, -0.1) is 0 Å². The van der Waals surface area contributed by atoms with Crippen molar-refractivity contribution < 1.29 is 19.4 Å². The third-order valence-electron chi connectivity index (χ3n) is 5.07. The van der Waals surface area contributed by atoms with E-state index in [1.54, 1.807) is 43.3 Å². The van der Waals surface area contributed by atoms with Gasteiger partial charge in [0.2, 0.25) is 11.8 Å². The van der Waals surface area contributed by atoms with Crippen LogP contribution in [0.4, 0.5) is 5.69 Å². The van der Waals surface area contributed by atoms with Crippen LogP contribution in [0.2, 0.25) is 0 Å². The van der Waals surface area contributed by atoms with E-state index in [0.29, 0.717) is 0 Å². The number of aliphatic hydroxyl groups is 1. The van der Waals surface area contributed by atoms with Gasteiger partial charge in [0.1, 0.15) is 11.7 Å². The third-order valence-corrected chi connectivity index (χ3v) is 5.07. The van der Waals surface area contributed by atoms with E-state index in [2.05, 4.69) is 0 Å². The predicted molar refractivity (Wildman–Crippen MR) is 79.1 cm³/mol. The predicted octanol–water partition coefficient (Wildman–Crippen LogP) is 0.754. The number of carbonyl (C=O) groups is 2. The van der Waals surface area contributed by atoms with Gasteiger partial charge in [0, 0.05) is 0 Å². The van der Waals surface area contributed by atoms with Gasteiger partial charge in [-0.3, -0.25) is 9.59 Å². The minimum absolute atomic E-state index is 0.263. The first-order valence-corrected chi connectivity index (χ1v) is 7.36. The molecule has 3 heterocycles. The van der Waals surface area contributed by atoms with Gasteiger partial charge in [-0.1, -0.05) is 24.3 Å². The number of rotatable bonds is 2. The van der Waals surface area contributed by atoms with Gasteiger partial charge in [-0.05, 0) is 19.1 Å². The van der Waals surface area contributed by atoms with Crippen molar-refractivity contribution in [1.29, 1.82) is 5.26 Å². The molecule has 0 aliphatic carbocycles. The van der Waals surface area contributed by atoms with Crippen LogP contribution in [-0.2, 0) is 14.3 Å². The van der Waals surface area contributed by atoms with E-state index in [1.807, 2.05) is 6.07 Å². The van der Waals surface area contributed by atoms with Crippen LogP contribution in [0.25, 0.3) is 0 Å². The molecule has 0 unspecified atom stereocenters. The Labute approximate surface area is 132 Å². The van der Waals surface area contributed by atoms with Crippen molar-refractivity contribution in [2.24, 2.45) is 11.8 Å². The number of aliphatic hydroxyl groups excluding tert-OH is 1. The molecule has 1 aromatic rings. The van der Waals surface area contributed by atoms with Crippen molar-refractivity contribution in [2.75, 3.05) is 11.5 Å². The number of carbonyl (C=O) groups excluding carboxylic acids is 2. The minimum Gasteiger partial charge on any atom is -0.393 e. The summed E-state index contributed by atoms with van der Waals surface area (Å²) >= 11 is 0. The lowest BCUT2D eigenvalue weighted by Gasteiger charge is -2.27. The number of anilines is 1. The van der Waals surface area contributed by atoms with Crippen molar-refractivity contribution in [3.63, 3.8) is 0 Å². The van der Waals surface area contributed by atoms with Crippen LogP contribution in [0, 0.1) is 23.2 Å². The van der Waals surface area contributed by atoms with Gasteiger partial charge in [-0.25, -0.2) is 4.90 Å². The van der Waals surface area contributed by atoms with Crippen LogP contribution in [0.15, 0.2) is 36.4 Å². The minimum atomic E-state index is -1.15. The number of hydrogen-bond donors (Lipinski definition) is 1. The second-order valence-corrected chi connectivity index (χ2v) is 6.33. The van der Waals surface area contributed by atoms with Crippen LogP contribution < -0.4 is 4.90 Å². The number of imide groups is 1. The van der Waals surface area contributed by atoms with Gasteiger partial charge in [0.05, 0.1) is 35.3 Å². The fourth-order valence-corrected chi connectivity index (χ4v) is 4.04. The lowest BCUT2D eigenvalue weighted by molar-refractivity contribution is -0.131. The van der Waals surface area contributed by atoms with Crippen molar-refractivity contribution in [1.82, 2.24) is 0 Å². The molecule has 2 bridgehead atoms. The van der Waals surface area contributed by atoms with Crippen molar-refractivity contribution in [2.45, 2.75) is 18.1 Å². The number of fused-ring (bicyclic) bond motifs is 5. The van der Waals surface area contributed by atoms with E-state index in [1.165, 1.54) is 0 Å². The second-order valence-electron chi connectivity index (χ2n) is 6.33. The number of benzene rings is 1. The Balaban J connectivity index is 1.85. The molecule has 0 saturated carbocycles. The Hall–Kier alpha value is -2.49. The number of nitrogens with zero attached hydrogens (tertiary/aromatic N) is 2. The summed E-state index contributed by atoms with van der Waals surface area (Å²) in [6, 6.07) is 8.51. The summed E-state index contributed by atoms with van der Waals surface area (Å²) in [5.74, 6) is -2.25. The SMILES string of the molecule is C[C@@]12C=C[C@@](CO)(O1)[C@@H]1C(=O)N(c3ccccc3C#N)C(=O)[C@H]12. The lowest BCUT2D eigenvalue weighted by Crippen LogP contribution is -2.43. The molecular formula is C17H14N2O4. The van der Waals surface area contributed by atoms with Crippen LogP contribution in [0.3, 0.4) is 0 Å². The van der Waals surface area contributed by atoms with Crippen molar-refractivity contribution in [3.05, 3.63) is 42.0 Å². The molecule has 4 rings (SSSR count). The van der Waals surface area contributed by atoms with Gasteiger partial charge in [0.15, 0.2) is 0 Å². The van der Waals surface area contributed by atoms with Crippen LogP contribution in [0.5, 0.6) is 0 Å². The zero-order valence-electron chi connectivity index (χ0n) is 12.4. The zero-order chi connectivity index (χ0) is 16.4. The number of nitriles is 1. The molecule has 2 saturated heterocycles. The summed E-state index contributed by atoms with van der Waals surface area (Å²) in [4.78, 5) is 26.9. The monoisotopic (exact) mass is 310 g/mol. The average Bonchev–Trinajstić information content (AvgIpc) is 3.13. The second kappa shape index (κ2) is 4.28. The Morgan fingerprint density at radius 1 is 1.26 bits per heavy atom. The molecule has 116 valence electrons. The van der Waals surface area contributed by atoms with Crippen molar-refractivity contribution >= 4 is 17.5 Å². The molecule has 23 heavy (non-hydrogen) atoms. The highest BCUT2D eigenvalue weighted by atomic mass is 16.5. The Morgan fingerprint density at radius 2 is 1.96 bits per heavy atom. The van der Waals surface area contributed by atoms with Gasteiger partial charge < -0.3 is 9.84 Å². The molecule has 1 aromatic carbocycles. The van der Waals surface area contributed by atoms with E-state index in [4.69, 9.17) is 4.74 Å². The van der Waals surface area contributed by atoms with E-state index in [0.717, 1.165) is 4.90 Å². The molecule has 2 amide bonds. The lowest BCUT2D eigenvalue weighted by atomic mass is 9.73. The van der Waals surface area contributed by atoms with Crippen LogP contribution >= 0.6 is 0 Å². The van der Waals surface area contributed by atoms with E-state index >= 15 is 0 Å². The summed E-state index contributed by atoms with van der Waals surface area (Å²) in [6.07, 6.45) is 3.42. The Morgan fingerprint density at radius 3 is 2.65 bits per heavy atom. The fraction of sp³-hybridized carbons (Fsp3) is 0.353. The molecule has 6 nitrogen and oxygen atoms in total. The summed E-state index contributed by atoms with van der Waals surface area (Å²) in [5, 5.41) is 19.0. The van der Waals surface area contributed by atoms with E-state index in [-0.39, 0.29) is 23.8 Å². The summed E-state index contributed by atoms with van der Waals surface area (Å²) in [5.41, 5.74) is -1.51. The maximum atomic E-state index is 12.9. The molecular weight excluding hydrogens is 296 g/mol. The van der Waals surface area contributed by atoms with E-state index in [9.17, 15) is 20.0 Å². The quantitative estimate of drug-likeness (QED) is 0.643. The average molecular weight is 310 g/mol. The third kappa shape index (κ3) is 1.53. The summed E-state index contributed by atoms with van der Waals surface area (Å²) < 4.78 is 5.85. The normalized spacial score (nSPS) is 37.3. The number of ether oxygens (including phenoxy) is 1. The molecule has 0 spiro atoms. The van der Waals surface area contributed by atoms with Gasteiger partial charge in [-0.2, -0.15) is 5.26 Å². The molecule has 0 aromatic heterocycles. The van der Waals surface area contributed by atoms with Gasteiger partial charge >= 0.3 is 0 Å². The molecule has 3 aliphatic rings. The number of para-hydroxylation sites is 1. The maximum Gasteiger partial charge on any atom is 0.241 e. The smallest absolute Gasteiger partial charge is 0.241 e. The summed E-state index contributed by atoms with van der Waals surface area (Å²) in [6.45, 7) is 1.38. The highest BCUT2D eigenvalue weighted by molar-refractivity contribution is 6.24. The van der Waals surface area contributed by atoms with Crippen LogP contribution in [-0.4, -0.2) is 34.7 Å². The zero-order valence-corrected chi connectivity index (χ0v) is 12.4. The first-order chi connectivity index (χ1) is 11.0. The topological polar surface area (TPSA) is 90.6 Å². The molecule has 2 fully saturated rings. The van der Waals surface area contributed by atoms with Gasteiger partial charge in [0.25, 0.3) is 0 Å². The Kier molecular flexibility index (Phi) is 2.63. The standard InChI is InChI=1S/C17H14N2O4/c1-16-6-7-17(9-20,23-16)13-12(16)14(21)19(15(13)22)11-5-3-2-4-10(11)8-18/h2-7,12-13,20H,9H2,1H3/t12-,13-,16-,17-/m0/s1. The number of hydrogen-bond acceptors (Lipinski definition) is 5. The Bertz CT molecular complexity index is 811. The maximum absolute atomic E-state index is 12.9. The molecule has 0 radical (unpaired) electrons. The van der Waals surface area contributed by atoms with E-state index < -0.39 is 28.9 Å². The largest absolute Gasteiger partial charge is 0.393 e. The van der Waals surface area contributed by atoms with Crippen molar-refractivity contribution in [3.8, 4) is 6.07 Å². The summed E-state index contributed by atoms with van der Waals surface area (Å²) in [7, 11) is 0. The first kappa shape index (κ1) is 14.1. The fourth-order valence-electron chi connectivity index (χ4n) is 4.04.